The van der Waals surface area contributed by atoms with Crippen LogP contribution in [-0.4, -0.2) is 49.8 Å². The van der Waals surface area contributed by atoms with Gasteiger partial charge in [0.25, 0.3) is 0 Å². The zero-order valence-corrected chi connectivity index (χ0v) is 20.4. The monoisotopic (exact) mass is 466 g/mol. The van der Waals surface area contributed by atoms with Gasteiger partial charge in [-0.25, -0.2) is 8.42 Å². The molecule has 0 aliphatic carbocycles. The Morgan fingerprint density at radius 2 is 1.76 bits per heavy atom. The summed E-state index contributed by atoms with van der Waals surface area (Å²) >= 11 is 0. The molecule has 33 heavy (non-hydrogen) atoms. The maximum atomic E-state index is 13.7. The lowest BCUT2D eigenvalue weighted by Crippen LogP contribution is -2.56. The van der Waals surface area contributed by atoms with Crippen molar-refractivity contribution in [2.75, 3.05) is 24.5 Å². The first-order chi connectivity index (χ1) is 15.5. The molecule has 2 aromatic carbocycles. The van der Waals surface area contributed by atoms with E-state index in [0.717, 1.165) is 11.3 Å². The lowest BCUT2D eigenvalue weighted by Gasteiger charge is -2.44. The van der Waals surface area contributed by atoms with Crippen LogP contribution < -0.4 is 4.90 Å². The van der Waals surface area contributed by atoms with E-state index in [-0.39, 0.29) is 23.9 Å². The minimum atomic E-state index is -3.71. The smallest absolute Gasteiger partial charge is 0.243 e. The second-order valence-electron chi connectivity index (χ2n) is 10.8. The van der Waals surface area contributed by atoms with E-state index in [1.54, 1.807) is 16.4 Å². The molecule has 4 aliphatic heterocycles. The van der Waals surface area contributed by atoms with Gasteiger partial charge in [0.1, 0.15) is 5.76 Å². The van der Waals surface area contributed by atoms with Crippen LogP contribution in [0.3, 0.4) is 0 Å². The van der Waals surface area contributed by atoms with Gasteiger partial charge in [0, 0.05) is 24.2 Å². The zero-order chi connectivity index (χ0) is 23.4. The first-order valence-electron chi connectivity index (χ1n) is 11.5. The molecule has 4 heterocycles. The van der Waals surface area contributed by atoms with E-state index in [1.165, 1.54) is 5.56 Å². The second kappa shape index (κ2) is 6.40. The first-order valence-corrected chi connectivity index (χ1v) is 13.0. The number of fused-ring (bicyclic) bond motifs is 5. The third kappa shape index (κ3) is 2.53. The Morgan fingerprint density at radius 1 is 1.06 bits per heavy atom. The van der Waals surface area contributed by atoms with Crippen LogP contribution in [0.15, 0.2) is 65.8 Å². The molecule has 2 bridgehead atoms. The maximum absolute atomic E-state index is 13.7. The standard InChI is InChI=1S/C26H30N2O4S/c1-17-10-12-19(13-11-17)33(29,30)27-14-15-28-21-9-7-6-8-20(21)22-23(28)25(16-27)18(2)31-26(22,32-25)24(3,4)5/h6-13,22-23H,2,14-16H2,1,3-5H3/t22-,23+,25-,26+/m1/s1. The molecule has 0 aromatic heterocycles. The van der Waals surface area contributed by atoms with Gasteiger partial charge < -0.3 is 14.4 Å². The van der Waals surface area contributed by atoms with Crippen LogP contribution in [0.2, 0.25) is 0 Å². The number of hydrogen-bond acceptors (Lipinski definition) is 5. The fourth-order valence-electron chi connectivity index (χ4n) is 6.29. The Bertz CT molecular complexity index is 1270. The van der Waals surface area contributed by atoms with Crippen molar-refractivity contribution >= 4 is 15.7 Å². The molecule has 7 heteroatoms. The quantitative estimate of drug-likeness (QED) is 0.669. The summed E-state index contributed by atoms with van der Waals surface area (Å²) in [7, 11) is -3.71. The lowest BCUT2D eigenvalue weighted by molar-refractivity contribution is -0.221. The summed E-state index contributed by atoms with van der Waals surface area (Å²) in [6, 6.07) is 15.4. The van der Waals surface area contributed by atoms with E-state index in [1.807, 2.05) is 25.1 Å². The minimum Gasteiger partial charge on any atom is -0.463 e. The van der Waals surface area contributed by atoms with Gasteiger partial charge in [0.15, 0.2) is 5.60 Å². The molecule has 174 valence electrons. The van der Waals surface area contributed by atoms with E-state index >= 15 is 0 Å². The lowest BCUT2D eigenvalue weighted by atomic mass is 9.71. The summed E-state index contributed by atoms with van der Waals surface area (Å²) in [6.45, 7) is 13.7. The topological polar surface area (TPSA) is 59.1 Å². The molecule has 1 spiro atoms. The Labute approximate surface area is 195 Å². The Balaban J connectivity index is 1.51. The van der Waals surface area contributed by atoms with E-state index in [2.05, 4.69) is 50.4 Å². The van der Waals surface area contributed by atoms with Crippen LogP contribution >= 0.6 is 0 Å². The van der Waals surface area contributed by atoms with Crippen molar-refractivity contribution in [1.82, 2.24) is 4.31 Å². The number of para-hydroxylation sites is 1. The van der Waals surface area contributed by atoms with E-state index in [0.29, 0.717) is 23.7 Å². The number of hydrogen-bond donors (Lipinski definition) is 0. The number of nitrogens with zero attached hydrogens (tertiary/aromatic N) is 2. The normalized spacial score (nSPS) is 33.0. The summed E-state index contributed by atoms with van der Waals surface area (Å²) < 4.78 is 42.5. The highest BCUT2D eigenvalue weighted by Crippen LogP contribution is 2.69. The molecule has 0 saturated carbocycles. The Morgan fingerprint density at radius 3 is 2.45 bits per heavy atom. The van der Waals surface area contributed by atoms with Gasteiger partial charge in [-0.15, -0.1) is 0 Å². The van der Waals surface area contributed by atoms with Crippen LogP contribution in [0.5, 0.6) is 0 Å². The molecule has 0 amide bonds. The molecule has 3 saturated heterocycles. The molecule has 0 N–H and O–H groups in total. The fraction of sp³-hybridized carbons (Fsp3) is 0.462. The van der Waals surface area contributed by atoms with E-state index in [4.69, 9.17) is 9.47 Å². The molecule has 4 atom stereocenters. The van der Waals surface area contributed by atoms with Crippen LogP contribution in [0.4, 0.5) is 5.69 Å². The predicted octanol–water partition coefficient (Wildman–Crippen LogP) is 4.03. The third-order valence-corrected chi connectivity index (χ3v) is 9.77. The van der Waals surface area contributed by atoms with Gasteiger partial charge in [-0.1, -0.05) is 63.2 Å². The van der Waals surface area contributed by atoms with Crippen molar-refractivity contribution in [3.63, 3.8) is 0 Å². The molecule has 6 nitrogen and oxygen atoms in total. The molecule has 0 radical (unpaired) electrons. The first kappa shape index (κ1) is 21.2. The van der Waals surface area contributed by atoms with E-state index in [9.17, 15) is 8.42 Å². The predicted molar refractivity (Wildman–Crippen MR) is 126 cm³/mol. The summed E-state index contributed by atoms with van der Waals surface area (Å²) in [5.74, 6) is -0.403. The van der Waals surface area contributed by atoms with Crippen molar-refractivity contribution in [2.45, 2.75) is 55.9 Å². The van der Waals surface area contributed by atoms with Crippen LogP contribution in [0.1, 0.15) is 37.8 Å². The molecular weight excluding hydrogens is 436 g/mol. The number of aryl methyl sites for hydroxylation is 1. The summed E-state index contributed by atoms with van der Waals surface area (Å²) in [6.07, 6.45) is 0. The second-order valence-corrected chi connectivity index (χ2v) is 12.7. The largest absolute Gasteiger partial charge is 0.463 e. The molecule has 2 aromatic rings. The SMILES string of the molecule is C=C1O[C@]2(C(C)(C)C)O[C@]13CN(S(=O)(=O)c1ccc(C)cc1)CCN1c4ccccc4[C@@H]2[C@H]13. The van der Waals surface area contributed by atoms with Crippen LogP contribution in [-0.2, 0) is 19.5 Å². The Hall–Kier alpha value is -2.35. The van der Waals surface area contributed by atoms with Gasteiger partial charge in [-0.05, 0) is 30.7 Å². The average Bonchev–Trinajstić information content (AvgIpc) is 3.30. The number of sulfonamides is 1. The highest BCUT2D eigenvalue weighted by atomic mass is 32.2. The summed E-state index contributed by atoms with van der Waals surface area (Å²) in [4.78, 5) is 2.64. The summed E-state index contributed by atoms with van der Waals surface area (Å²) in [5.41, 5.74) is 2.09. The minimum absolute atomic E-state index is 0.0266. The average molecular weight is 467 g/mol. The van der Waals surface area contributed by atoms with Gasteiger partial charge in [-0.3, -0.25) is 0 Å². The van der Waals surface area contributed by atoms with Crippen LogP contribution in [0, 0.1) is 12.3 Å². The third-order valence-electron chi connectivity index (χ3n) is 7.91. The van der Waals surface area contributed by atoms with Crippen molar-refractivity contribution in [3.8, 4) is 0 Å². The van der Waals surface area contributed by atoms with Crippen molar-refractivity contribution < 1.29 is 17.9 Å². The Kier molecular flexibility index (Phi) is 4.11. The maximum Gasteiger partial charge on any atom is 0.243 e. The molecule has 6 rings (SSSR count). The number of anilines is 1. The highest BCUT2D eigenvalue weighted by Gasteiger charge is 2.79. The van der Waals surface area contributed by atoms with Gasteiger partial charge in [0.2, 0.25) is 15.8 Å². The zero-order valence-electron chi connectivity index (χ0n) is 19.5. The van der Waals surface area contributed by atoms with Crippen LogP contribution in [0.25, 0.3) is 0 Å². The highest BCUT2D eigenvalue weighted by molar-refractivity contribution is 7.89. The summed E-state index contributed by atoms with van der Waals surface area (Å²) in [5, 5.41) is 0. The molecule has 4 aliphatic rings. The number of benzene rings is 2. The van der Waals surface area contributed by atoms with E-state index < -0.39 is 21.4 Å². The van der Waals surface area contributed by atoms with Gasteiger partial charge in [-0.2, -0.15) is 4.31 Å². The molecule has 3 fully saturated rings. The molecule has 0 unspecified atom stereocenters. The fourth-order valence-corrected chi connectivity index (χ4v) is 7.75. The number of ether oxygens (including phenoxy) is 2. The van der Waals surface area contributed by atoms with Gasteiger partial charge in [0.05, 0.1) is 23.4 Å². The molecular formula is C26H30N2O4S. The number of rotatable bonds is 2. The van der Waals surface area contributed by atoms with Crippen molar-refractivity contribution in [2.24, 2.45) is 5.41 Å². The van der Waals surface area contributed by atoms with Gasteiger partial charge >= 0.3 is 0 Å². The van der Waals surface area contributed by atoms with Crippen molar-refractivity contribution in [1.29, 1.82) is 0 Å². The van der Waals surface area contributed by atoms with Crippen molar-refractivity contribution in [3.05, 3.63) is 72.0 Å².